The van der Waals surface area contributed by atoms with Crippen LogP contribution in [0.15, 0.2) is 77.6 Å². The lowest BCUT2D eigenvalue weighted by atomic mass is 10.0. The fourth-order valence-corrected chi connectivity index (χ4v) is 5.53. The summed E-state index contributed by atoms with van der Waals surface area (Å²) in [6, 6.07) is 23.2. The van der Waals surface area contributed by atoms with Crippen LogP contribution in [-0.4, -0.2) is 88.7 Å². The van der Waals surface area contributed by atoms with Crippen molar-refractivity contribution in [3.63, 3.8) is 0 Å². The minimum Gasteiger partial charge on any atom is -0.492 e. The number of ether oxygens (including phenoxy) is 3. The van der Waals surface area contributed by atoms with E-state index in [-0.39, 0.29) is 31.4 Å². The van der Waals surface area contributed by atoms with Crippen LogP contribution in [0.4, 0.5) is 0 Å². The van der Waals surface area contributed by atoms with Gasteiger partial charge < -0.3 is 24.2 Å². The second-order valence-electron chi connectivity index (χ2n) is 11.3. The van der Waals surface area contributed by atoms with Crippen LogP contribution in [0, 0.1) is 6.92 Å². The van der Waals surface area contributed by atoms with Crippen LogP contribution in [0.25, 0.3) is 11.0 Å². The third kappa shape index (κ3) is 7.45. The lowest BCUT2D eigenvalue weighted by Gasteiger charge is -2.33. The maximum atomic E-state index is 12.7. The maximum absolute atomic E-state index is 12.7. The second-order valence-corrected chi connectivity index (χ2v) is 11.3. The van der Waals surface area contributed by atoms with Crippen LogP contribution in [0.3, 0.4) is 0 Å². The molecule has 1 atom stereocenters. The molecule has 1 aliphatic rings. The van der Waals surface area contributed by atoms with E-state index in [1.54, 1.807) is 21.1 Å². The maximum Gasteiger partial charge on any atom is 0.328 e. The van der Waals surface area contributed by atoms with E-state index in [0.29, 0.717) is 50.8 Å². The summed E-state index contributed by atoms with van der Waals surface area (Å²) >= 11 is 0. The van der Waals surface area contributed by atoms with Gasteiger partial charge in [-0.15, -0.1) is 0 Å². The fourth-order valence-electron chi connectivity index (χ4n) is 5.53. The number of hydrogen-bond acceptors (Lipinski definition) is 7. The van der Waals surface area contributed by atoms with Gasteiger partial charge in [0.15, 0.2) is 0 Å². The zero-order valence-electron chi connectivity index (χ0n) is 25.1. The topological polar surface area (TPSA) is 98.4 Å². The number of aromatic nitrogens is 2. The van der Waals surface area contributed by atoms with Crippen LogP contribution in [0.1, 0.15) is 11.1 Å². The number of amides is 1. The first-order chi connectivity index (χ1) is 20.7. The number of methoxy groups -OCH3 is 1. The number of β-amino-alcohol motifs (C(OH)–C–C–N with tert-alkyl or cyclic N) is 1. The molecule has 10 heteroatoms. The molecule has 228 valence electrons. The van der Waals surface area contributed by atoms with Crippen LogP contribution < -0.4 is 15.2 Å². The molecule has 0 spiro atoms. The number of imidazole rings is 1. The number of carbonyl (C=O) groups is 1. The van der Waals surface area contributed by atoms with E-state index >= 15 is 0 Å². The highest BCUT2D eigenvalue weighted by atomic mass is 16.5. The summed E-state index contributed by atoms with van der Waals surface area (Å²) in [4.78, 5) is 29.2. The molecule has 2 heterocycles. The molecule has 0 saturated carbocycles. The largest absolute Gasteiger partial charge is 0.492 e. The molecule has 0 radical (unpaired) electrons. The number of hydrogen-bond donors (Lipinski definition) is 1. The third-order valence-electron chi connectivity index (χ3n) is 7.80. The molecule has 0 unspecified atom stereocenters. The Hall–Kier alpha value is -4.12. The van der Waals surface area contributed by atoms with E-state index in [9.17, 15) is 14.7 Å². The molecule has 5 rings (SSSR count). The van der Waals surface area contributed by atoms with Gasteiger partial charge in [-0.25, -0.2) is 4.79 Å². The van der Waals surface area contributed by atoms with Crippen molar-refractivity contribution in [3.8, 4) is 11.5 Å². The monoisotopic (exact) mass is 588 g/mol. The van der Waals surface area contributed by atoms with Crippen LogP contribution in [0.5, 0.6) is 11.5 Å². The van der Waals surface area contributed by atoms with E-state index in [0.717, 1.165) is 22.2 Å². The van der Waals surface area contributed by atoms with Gasteiger partial charge in [-0.2, -0.15) is 0 Å². The van der Waals surface area contributed by atoms with E-state index < -0.39 is 5.60 Å². The van der Waals surface area contributed by atoms with Crippen LogP contribution >= 0.6 is 0 Å². The Morgan fingerprint density at radius 1 is 0.907 bits per heavy atom. The lowest BCUT2D eigenvalue weighted by Crippen LogP contribution is -2.52. The summed E-state index contributed by atoms with van der Waals surface area (Å²) in [7, 11) is 3.27. The molecule has 4 aromatic rings. The number of nitrogens with zero attached hydrogens (tertiary/aromatic N) is 4. The van der Waals surface area contributed by atoms with Gasteiger partial charge in [-0.1, -0.05) is 42.0 Å². The summed E-state index contributed by atoms with van der Waals surface area (Å²) in [6.45, 7) is 4.98. The van der Waals surface area contributed by atoms with E-state index in [2.05, 4.69) is 4.90 Å². The Kier molecular flexibility index (Phi) is 9.49. The Balaban J connectivity index is 1.21. The smallest absolute Gasteiger partial charge is 0.328 e. The molecule has 3 aromatic carbocycles. The number of para-hydroxylation sites is 2. The molecule has 43 heavy (non-hydrogen) atoms. The van der Waals surface area contributed by atoms with Gasteiger partial charge >= 0.3 is 5.69 Å². The number of rotatable bonds is 11. The summed E-state index contributed by atoms with van der Waals surface area (Å²) in [6.07, 6.45) is 0. The number of benzene rings is 3. The van der Waals surface area contributed by atoms with Gasteiger partial charge in [-0.3, -0.25) is 18.8 Å². The van der Waals surface area contributed by atoms with Gasteiger partial charge in [0.2, 0.25) is 5.91 Å². The first-order valence-electron chi connectivity index (χ1n) is 14.5. The zero-order chi connectivity index (χ0) is 30.4. The van der Waals surface area contributed by atoms with Crippen LogP contribution in [-0.2, 0) is 29.7 Å². The predicted molar refractivity (Wildman–Crippen MR) is 164 cm³/mol. The van der Waals surface area contributed by atoms with Gasteiger partial charge in [0.05, 0.1) is 24.1 Å². The molecule has 10 nitrogen and oxygen atoms in total. The normalized spacial score (nSPS) is 17.6. The number of aryl methyl sites for hydroxylation is 2. The third-order valence-corrected chi connectivity index (χ3v) is 7.80. The Bertz CT molecular complexity index is 1580. The van der Waals surface area contributed by atoms with E-state index in [1.807, 2.05) is 79.7 Å². The molecule has 0 bridgehead atoms. The molecule has 1 N–H and O–H groups in total. The first-order valence-corrected chi connectivity index (χ1v) is 14.5. The van der Waals surface area contributed by atoms with Crippen molar-refractivity contribution in [2.24, 2.45) is 7.05 Å². The molecule has 1 amide bonds. The molecule has 1 aliphatic heterocycles. The number of carbonyl (C=O) groups excluding carboxylic acids is 1. The summed E-state index contributed by atoms with van der Waals surface area (Å²) < 4.78 is 20.4. The highest BCUT2D eigenvalue weighted by Gasteiger charge is 2.37. The summed E-state index contributed by atoms with van der Waals surface area (Å²) in [5, 5.41) is 11.7. The molecular weight excluding hydrogens is 548 g/mol. The molecule has 1 fully saturated rings. The Morgan fingerprint density at radius 3 is 2.30 bits per heavy atom. The van der Waals surface area contributed by atoms with Crippen molar-refractivity contribution in [2.45, 2.75) is 25.6 Å². The number of aliphatic hydroxyl groups is 1. The van der Waals surface area contributed by atoms with Crippen molar-refractivity contribution in [1.82, 2.24) is 18.9 Å². The zero-order valence-corrected chi connectivity index (χ0v) is 25.1. The molecular formula is C33H40N4O6. The Morgan fingerprint density at radius 2 is 1.58 bits per heavy atom. The van der Waals surface area contributed by atoms with Crippen LogP contribution in [0.2, 0.25) is 0 Å². The van der Waals surface area contributed by atoms with Gasteiger partial charge in [0.25, 0.3) is 0 Å². The summed E-state index contributed by atoms with van der Waals surface area (Å²) in [5.41, 5.74) is 2.62. The van der Waals surface area contributed by atoms with Gasteiger partial charge in [0, 0.05) is 40.3 Å². The van der Waals surface area contributed by atoms with Gasteiger partial charge in [0.1, 0.15) is 36.9 Å². The highest BCUT2D eigenvalue weighted by molar-refractivity contribution is 5.77. The lowest BCUT2D eigenvalue weighted by molar-refractivity contribution is -0.138. The fraction of sp³-hybridized carbons (Fsp3) is 0.394. The van der Waals surface area contributed by atoms with E-state index in [4.69, 9.17) is 14.2 Å². The Labute approximate surface area is 251 Å². The number of fused-ring (bicyclic) bond motifs is 1. The second kappa shape index (κ2) is 13.5. The SMILES string of the molecule is COCC(=O)N1CCN(Cc2ccc(OCCn3c(=O)n(C)c4ccccc43)cc2)C[C@](O)(COc2ccc(C)cc2)C1. The van der Waals surface area contributed by atoms with Gasteiger partial charge in [-0.05, 0) is 48.9 Å². The minimum atomic E-state index is -1.27. The summed E-state index contributed by atoms with van der Waals surface area (Å²) in [5.74, 6) is 1.23. The van der Waals surface area contributed by atoms with Crippen molar-refractivity contribution >= 4 is 16.9 Å². The molecule has 0 aliphatic carbocycles. The van der Waals surface area contributed by atoms with Crippen molar-refractivity contribution < 1.29 is 24.1 Å². The van der Waals surface area contributed by atoms with Crippen molar-refractivity contribution in [3.05, 3.63) is 94.4 Å². The quantitative estimate of drug-likeness (QED) is 0.288. The molecule has 1 saturated heterocycles. The minimum absolute atomic E-state index is 0.0362. The average Bonchev–Trinajstić information content (AvgIpc) is 3.13. The van der Waals surface area contributed by atoms with Crippen molar-refractivity contribution in [1.29, 1.82) is 0 Å². The first kappa shape index (κ1) is 30.3. The average molecular weight is 589 g/mol. The predicted octanol–water partition coefficient (Wildman–Crippen LogP) is 2.83. The van der Waals surface area contributed by atoms with Crippen molar-refractivity contribution in [2.75, 3.05) is 53.1 Å². The highest BCUT2D eigenvalue weighted by Crippen LogP contribution is 2.21. The standard InChI is InChI=1S/C33H40N4O6/c1-25-8-12-28(13-9-25)43-24-33(40)22-35(16-17-36(23-33)31(38)21-41-3)20-26-10-14-27(15-11-26)42-19-18-37-30-7-5-4-6-29(30)34(2)32(37)39/h4-15,40H,16-24H2,1-3H3/t33-/m1/s1. The molecule has 1 aromatic heterocycles. The van der Waals surface area contributed by atoms with E-state index in [1.165, 1.54) is 7.11 Å².